The van der Waals surface area contributed by atoms with Gasteiger partial charge in [-0.05, 0) is 30.3 Å². The molecule has 104 valence electrons. The molecule has 6 nitrogen and oxygen atoms in total. The summed E-state index contributed by atoms with van der Waals surface area (Å²) in [7, 11) is -4.17. The first-order valence-electron chi connectivity index (χ1n) is 5.37. The molecule has 0 fully saturated rings. The number of hydrogen-bond donors (Lipinski definition) is 2. The minimum absolute atomic E-state index is 0.0363. The molecule has 2 aromatic rings. The lowest BCUT2D eigenvalue weighted by Gasteiger charge is -2.08. The van der Waals surface area contributed by atoms with Crippen molar-refractivity contribution >= 4 is 21.8 Å². The number of pyridine rings is 1. The van der Waals surface area contributed by atoms with Crippen LogP contribution in [0.15, 0.2) is 47.5 Å². The van der Waals surface area contributed by atoms with Gasteiger partial charge in [0.25, 0.3) is 10.0 Å². The summed E-state index contributed by atoms with van der Waals surface area (Å²) in [5.41, 5.74) is -0.334. The zero-order chi connectivity index (χ0) is 14.8. The molecule has 2 rings (SSSR count). The highest BCUT2D eigenvalue weighted by Crippen LogP contribution is 2.19. The van der Waals surface area contributed by atoms with Crippen LogP contribution in [0, 0.1) is 5.82 Å². The molecule has 8 heteroatoms. The molecule has 0 aliphatic rings. The molecule has 0 aliphatic carbocycles. The van der Waals surface area contributed by atoms with Gasteiger partial charge < -0.3 is 5.11 Å². The van der Waals surface area contributed by atoms with Gasteiger partial charge in [0.05, 0.1) is 5.56 Å². The molecular weight excluding hydrogens is 287 g/mol. The van der Waals surface area contributed by atoms with Crippen LogP contribution in [0.1, 0.15) is 10.4 Å². The number of anilines is 1. The summed E-state index contributed by atoms with van der Waals surface area (Å²) >= 11 is 0. The zero-order valence-corrected chi connectivity index (χ0v) is 10.8. The molecule has 0 amide bonds. The highest BCUT2D eigenvalue weighted by atomic mass is 32.2. The van der Waals surface area contributed by atoms with Crippen LogP contribution in [0.5, 0.6) is 0 Å². The normalized spacial score (nSPS) is 11.1. The summed E-state index contributed by atoms with van der Waals surface area (Å²) in [5.74, 6) is -2.45. The quantitative estimate of drug-likeness (QED) is 0.895. The number of carbonyl (C=O) groups is 1. The van der Waals surface area contributed by atoms with E-state index in [1.165, 1.54) is 12.3 Å². The molecule has 1 heterocycles. The second kappa shape index (κ2) is 5.25. The number of nitrogens with zero attached hydrogens (tertiary/aromatic N) is 1. The van der Waals surface area contributed by atoms with E-state index >= 15 is 0 Å². The van der Waals surface area contributed by atoms with Crippen LogP contribution in [0.25, 0.3) is 0 Å². The SMILES string of the molecule is O=C(O)c1ccc(S(=O)(=O)Nc2ccccn2)c(F)c1. The van der Waals surface area contributed by atoms with Gasteiger partial charge in [0.1, 0.15) is 16.5 Å². The summed E-state index contributed by atoms with van der Waals surface area (Å²) in [6, 6.07) is 7.12. The number of nitrogens with one attached hydrogen (secondary N) is 1. The van der Waals surface area contributed by atoms with E-state index in [4.69, 9.17) is 5.11 Å². The lowest BCUT2D eigenvalue weighted by Crippen LogP contribution is -2.15. The Kier molecular flexibility index (Phi) is 3.66. The van der Waals surface area contributed by atoms with E-state index in [1.807, 2.05) is 0 Å². The van der Waals surface area contributed by atoms with E-state index < -0.39 is 26.7 Å². The lowest BCUT2D eigenvalue weighted by molar-refractivity contribution is 0.0696. The smallest absolute Gasteiger partial charge is 0.335 e. The molecule has 0 spiro atoms. The first-order valence-corrected chi connectivity index (χ1v) is 6.85. The fourth-order valence-electron chi connectivity index (χ4n) is 1.47. The van der Waals surface area contributed by atoms with Gasteiger partial charge in [-0.25, -0.2) is 22.6 Å². The summed E-state index contributed by atoms with van der Waals surface area (Å²) in [6.07, 6.45) is 1.38. The fraction of sp³-hybridized carbons (Fsp3) is 0. The Morgan fingerprint density at radius 1 is 1.25 bits per heavy atom. The first kappa shape index (κ1) is 13.9. The van der Waals surface area contributed by atoms with E-state index in [0.717, 1.165) is 12.1 Å². The number of rotatable bonds is 4. The third-order valence-electron chi connectivity index (χ3n) is 2.37. The molecule has 1 aromatic carbocycles. The van der Waals surface area contributed by atoms with E-state index in [9.17, 15) is 17.6 Å². The number of aromatic carboxylic acids is 1. The average Bonchev–Trinajstić information content (AvgIpc) is 2.38. The molecule has 0 bridgehead atoms. The number of sulfonamides is 1. The summed E-state index contributed by atoms with van der Waals surface area (Å²) in [6.45, 7) is 0. The summed E-state index contributed by atoms with van der Waals surface area (Å²) in [4.78, 5) is 13.8. The van der Waals surface area contributed by atoms with E-state index in [0.29, 0.717) is 6.07 Å². The zero-order valence-electron chi connectivity index (χ0n) is 9.95. The van der Waals surface area contributed by atoms with Crippen LogP contribution in [-0.2, 0) is 10.0 Å². The van der Waals surface area contributed by atoms with Crippen molar-refractivity contribution in [2.24, 2.45) is 0 Å². The van der Waals surface area contributed by atoms with Crippen molar-refractivity contribution in [3.63, 3.8) is 0 Å². The van der Waals surface area contributed by atoms with Gasteiger partial charge in [0, 0.05) is 6.20 Å². The first-order chi connectivity index (χ1) is 9.40. The second-order valence-electron chi connectivity index (χ2n) is 3.77. The van der Waals surface area contributed by atoms with Crippen LogP contribution in [0.4, 0.5) is 10.2 Å². The molecule has 20 heavy (non-hydrogen) atoms. The van der Waals surface area contributed by atoms with Gasteiger partial charge in [0.15, 0.2) is 0 Å². The van der Waals surface area contributed by atoms with Gasteiger partial charge in [0.2, 0.25) is 0 Å². The Hall–Kier alpha value is -2.48. The second-order valence-corrected chi connectivity index (χ2v) is 5.42. The Morgan fingerprint density at radius 2 is 2.00 bits per heavy atom. The van der Waals surface area contributed by atoms with E-state index in [-0.39, 0.29) is 11.4 Å². The number of aromatic nitrogens is 1. The largest absolute Gasteiger partial charge is 0.478 e. The molecule has 1 aromatic heterocycles. The molecule has 0 aliphatic heterocycles. The predicted molar refractivity (Wildman–Crippen MR) is 68.4 cm³/mol. The van der Waals surface area contributed by atoms with Crippen LogP contribution in [0.3, 0.4) is 0 Å². The Bertz CT molecular complexity index is 747. The molecule has 0 saturated carbocycles. The summed E-state index contributed by atoms with van der Waals surface area (Å²) in [5, 5.41) is 8.70. The van der Waals surface area contributed by atoms with Crippen molar-refractivity contribution in [3.8, 4) is 0 Å². The third kappa shape index (κ3) is 2.91. The van der Waals surface area contributed by atoms with Crippen molar-refractivity contribution in [1.82, 2.24) is 4.98 Å². The van der Waals surface area contributed by atoms with Crippen molar-refractivity contribution in [2.45, 2.75) is 4.90 Å². The van der Waals surface area contributed by atoms with Crippen LogP contribution in [0.2, 0.25) is 0 Å². The maximum absolute atomic E-state index is 13.7. The van der Waals surface area contributed by atoms with E-state index in [1.54, 1.807) is 12.1 Å². The Balaban J connectivity index is 2.37. The van der Waals surface area contributed by atoms with Gasteiger partial charge in [-0.3, -0.25) is 4.72 Å². The fourth-order valence-corrected chi connectivity index (χ4v) is 2.54. The third-order valence-corrected chi connectivity index (χ3v) is 3.76. The predicted octanol–water partition coefficient (Wildman–Crippen LogP) is 1.72. The van der Waals surface area contributed by atoms with Crippen LogP contribution >= 0.6 is 0 Å². The number of carboxylic acid groups (broad SMARTS) is 1. The molecule has 0 unspecified atom stereocenters. The van der Waals surface area contributed by atoms with Crippen molar-refractivity contribution < 1.29 is 22.7 Å². The number of halogens is 1. The standard InChI is InChI=1S/C12H9FN2O4S/c13-9-7-8(12(16)17)4-5-10(9)20(18,19)15-11-3-1-2-6-14-11/h1-7H,(H,14,15)(H,16,17). The maximum Gasteiger partial charge on any atom is 0.335 e. The molecule has 2 N–H and O–H groups in total. The molecular formula is C12H9FN2O4S. The van der Waals surface area contributed by atoms with Crippen LogP contribution in [-0.4, -0.2) is 24.5 Å². The van der Waals surface area contributed by atoms with Crippen molar-refractivity contribution in [2.75, 3.05) is 4.72 Å². The molecule has 0 radical (unpaired) electrons. The number of carboxylic acids is 1. The Morgan fingerprint density at radius 3 is 2.55 bits per heavy atom. The summed E-state index contributed by atoms with van der Waals surface area (Å²) < 4.78 is 39.7. The number of hydrogen-bond acceptors (Lipinski definition) is 4. The monoisotopic (exact) mass is 296 g/mol. The van der Waals surface area contributed by atoms with Gasteiger partial charge in [-0.2, -0.15) is 0 Å². The van der Waals surface area contributed by atoms with Gasteiger partial charge in [-0.15, -0.1) is 0 Å². The van der Waals surface area contributed by atoms with Crippen molar-refractivity contribution in [1.29, 1.82) is 0 Å². The maximum atomic E-state index is 13.7. The van der Waals surface area contributed by atoms with Gasteiger partial charge in [-0.1, -0.05) is 6.07 Å². The topological polar surface area (TPSA) is 96.4 Å². The minimum atomic E-state index is -4.17. The van der Waals surface area contributed by atoms with E-state index in [2.05, 4.69) is 9.71 Å². The molecule has 0 saturated heterocycles. The molecule has 0 atom stereocenters. The highest BCUT2D eigenvalue weighted by Gasteiger charge is 2.20. The minimum Gasteiger partial charge on any atom is -0.478 e. The average molecular weight is 296 g/mol. The number of benzene rings is 1. The highest BCUT2D eigenvalue weighted by molar-refractivity contribution is 7.92. The van der Waals surface area contributed by atoms with Crippen molar-refractivity contribution in [3.05, 3.63) is 54.0 Å². The van der Waals surface area contributed by atoms with Crippen LogP contribution < -0.4 is 4.72 Å². The lowest BCUT2D eigenvalue weighted by atomic mass is 10.2. The van der Waals surface area contributed by atoms with Gasteiger partial charge >= 0.3 is 5.97 Å². The Labute approximate surface area is 114 Å².